The number of rotatable bonds is 61. The third kappa shape index (κ3) is 33.4. The number of ether oxygens (including phenoxy) is 15. The zero-order valence-corrected chi connectivity index (χ0v) is 63.2. The van der Waals surface area contributed by atoms with Crippen LogP contribution in [0.5, 0.6) is 5.75 Å². The largest absolute Gasteiger partial charge is 0.465 e. The standard InChI is InChI=1S/C73H111N9O28/c1-5-97-49-58-79-64-65(82(58)50-73(2,3)95)52-10-6-7-11-53(52)78-69(64)81(72(93)94)47-51-13-14-56(109-71-68(91)67(90)66(89)57(48-83)110-71)55(46-51)77-60(85)17-21-75-70(92)54(76-61(86)18-22-80-62(87)15-16-63(80)88)12-8-9-20-74-59(84)19-23-98-26-27-100-30-31-102-34-35-104-38-39-106-42-43-108-45-44-107-41-40-105-37-36-103-33-32-101-29-28-99-25-24-96-4/h6-7,10-11,13-16,46,54,57,66-68,71,83,89-91,95H,5,8-9,12,17-45,47-50H2,1-4H3,(H,74,84)(H,75,92)(H,76,86)(H,77,85)(H,93,94)/t54-,57+,66+,67-,68-,71-/m0/s1. The molecule has 2 aromatic heterocycles. The van der Waals surface area contributed by atoms with E-state index >= 15 is 0 Å². The summed E-state index contributed by atoms with van der Waals surface area (Å²) < 4.78 is 84.4. The highest BCUT2D eigenvalue weighted by molar-refractivity contribution is 6.13. The van der Waals surface area contributed by atoms with E-state index in [9.17, 15) is 64.2 Å². The summed E-state index contributed by atoms with van der Waals surface area (Å²) in [4.78, 5) is 103. The number of nitrogens with zero attached hydrogens (tertiary/aromatic N) is 5. The van der Waals surface area contributed by atoms with Gasteiger partial charge in [0, 0.05) is 70.2 Å². The van der Waals surface area contributed by atoms with Gasteiger partial charge in [0.15, 0.2) is 5.82 Å². The van der Waals surface area contributed by atoms with E-state index in [1.54, 1.807) is 56.7 Å². The Balaban J connectivity index is 0.893. The minimum absolute atomic E-state index is 0.0206. The highest BCUT2D eigenvalue weighted by Gasteiger charge is 2.45. The third-order valence-electron chi connectivity index (χ3n) is 16.5. The Bertz CT molecular complexity index is 3420. The molecule has 4 aromatic rings. The minimum Gasteiger partial charge on any atom is -0.465 e. The van der Waals surface area contributed by atoms with Gasteiger partial charge < -0.3 is 128 Å². The number of anilines is 2. The molecule has 0 saturated carbocycles. The Morgan fingerprint density at radius 3 is 1.70 bits per heavy atom. The van der Waals surface area contributed by atoms with E-state index in [2.05, 4.69) is 21.3 Å². The van der Waals surface area contributed by atoms with Crippen molar-refractivity contribution in [3.05, 3.63) is 66.0 Å². The van der Waals surface area contributed by atoms with E-state index in [1.807, 2.05) is 0 Å². The van der Waals surface area contributed by atoms with Crippen molar-refractivity contribution in [1.82, 2.24) is 35.4 Å². The molecule has 616 valence electrons. The molecule has 0 radical (unpaired) electrons. The molecule has 2 aromatic carbocycles. The Kier molecular flexibility index (Phi) is 43.0. The van der Waals surface area contributed by atoms with Gasteiger partial charge in [0.05, 0.1) is 194 Å². The predicted octanol–water partition coefficient (Wildman–Crippen LogP) is 0.505. The van der Waals surface area contributed by atoms with Gasteiger partial charge >= 0.3 is 6.09 Å². The van der Waals surface area contributed by atoms with Crippen molar-refractivity contribution < 1.29 is 135 Å². The second-order valence-electron chi connectivity index (χ2n) is 25.7. The van der Waals surface area contributed by atoms with Crippen LogP contribution < -0.4 is 30.9 Å². The van der Waals surface area contributed by atoms with Crippen LogP contribution in [0.25, 0.3) is 21.9 Å². The number of fused-ring (bicyclic) bond motifs is 3. The number of carbonyl (C=O) groups excluding carboxylic acids is 6. The summed E-state index contributed by atoms with van der Waals surface area (Å²) in [5, 5.41) is 75.4. The summed E-state index contributed by atoms with van der Waals surface area (Å²) in [5.74, 6) is -3.42. The van der Waals surface area contributed by atoms with Crippen molar-refractivity contribution in [1.29, 1.82) is 0 Å². The number of carboxylic acid groups (broad SMARTS) is 1. The molecule has 110 heavy (non-hydrogen) atoms. The monoisotopic (exact) mass is 1560 g/mol. The number of aromatic nitrogens is 3. The SMILES string of the molecule is CCOCc1nc2c(N(Cc3ccc(O[C@H]4O[C@H](CO)[C@@H](O)[C@H](O)[C@@H]4O)c(NC(=O)CCNC(=O)[C@H](CCCCNC(=O)CCOCCOCCOCCOCCOCCOCCOCCOCCOCCOCCOCCOC)NC(=O)CCN4C(=O)C=CC4=O)c3)C(=O)O)nc3ccccc3c2n1CC(C)(C)O. The lowest BCUT2D eigenvalue weighted by Gasteiger charge is -2.39. The van der Waals surface area contributed by atoms with Crippen LogP contribution in [0.3, 0.4) is 0 Å². The normalized spacial score (nSPS) is 16.8. The van der Waals surface area contributed by atoms with Crippen LogP contribution >= 0.6 is 0 Å². The molecule has 1 fully saturated rings. The summed E-state index contributed by atoms with van der Waals surface area (Å²) in [6, 6.07) is 10.0. The molecule has 10 N–H and O–H groups in total. The number of amides is 7. The fourth-order valence-electron chi connectivity index (χ4n) is 10.9. The van der Waals surface area contributed by atoms with Gasteiger partial charge in [-0.3, -0.25) is 38.6 Å². The second-order valence-corrected chi connectivity index (χ2v) is 25.7. The lowest BCUT2D eigenvalue weighted by Crippen LogP contribution is -2.60. The van der Waals surface area contributed by atoms with E-state index < -0.39 is 97.6 Å². The minimum atomic E-state index is -1.87. The third-order valence-corrected chi connectivity index (χ3v) is 16.5. The number of aliphatic hydroxyl groups excluding tert-OH is 4. The Labute approximate surface area is 638 Å². The Hall–Kier alpha value is -7.61. The van der Waals surface area contributed by atoms with E-state index in [0.717, 1.165) is 22.0 Å². The smallest absolute Gasteiger partial charge is 0.413 e. The van der Waals surface area contributed by atoms with Crippen molar-refractivity contribution in [2.75, 3.05) is 202 Å². The molecule has 6 atom stereocenters. The van der Waals surface area contributed by atoms with Gasteiger partial charge in [-0.1, -0.05) is 24.3 Å². The first-order valence-electron chi connectivity index (χ1n) is 36.9. The first-order chi connectivity index (χ1) is 53.2. The fourth-order valence-corrected chi connectivity index (χ4v) is 10.9. The molecule has 2 aliphatic heterocycles. The van der Waals surface area contributed by atoms with Crippen LogP contribution in [0.2, 0.25) is 0 Å². The quantitative estimate of drug-likeness (QED) is 0.0213. The maximum atomic E-state index is 14.0. The van der Waals surface area contributed by atoms with Crippen molar-refractivity contribution in [3.8, 4) is 5.75 Å². The van der Waals surface area contributed by atoms with Crippen LogP contribution in [-0.2, 0) is 115 Å². The molecule has 0 spiro atoms. The molecule has 37 heteroatoms. The van der Waals surface area contributed by atoms with Crippen LogP contribution in [0.4, 0.5) is 16.3 Å². The summed E-state index contributed by atoms with van der Waals surface area (Å²) in [6.45, 7) is 13.6. The van der Waals surface area contributed by atoms with Crippen LogP contribution in [0.15, 0.2) is 54.6 Å². The number of hydrogen-bond acceptors (Lipinski definition) is 29. The van der Waals surface area contributed by atoms with Crippen molar-refractivity contribution in [2.45, 2.75) is 121 Å². The molecule has 1 saturated heterocycles. The zero-order chi connectivity index (χ0) is 79.3. The number of aliphatic hydroxyl groups is 5. The highest BCUT2D eigenvalue weighted by atomic mass is 16.7. The summed E-state index contributed by atoms with van der Waals surface area (Å²) >= 11 is 0. The Morgan fingerprint density at radius 2 is 1.17 bits per heavy atom. The highest BCUT2D eigenvalue weighted by Crippen LogP contribution is 2.36. The number of benzene rings is 2. The maximum absolute atomic E-state index is 14.0. The van der Waals surface area contributed by atoms with Gasteiger partial charge in [0.1, 0.15) is 54.2 Å². The number of imidazole rings is 1. The number of methoxy groups -OCH3 is 1. The number of unbranched alkanes of at least 4 members (excludes halogenated alkanes) is 1. The molecule has 0 aliphatic carbocycles. The summed E-state index contributed by atoms with van der Waals surface area (Å²) in [6.07, 6.45) is -7.74. The maximum Gasteiger partial charge on any atom is 0.413 e. The number of pyridine rings is 1. The second kappa shape index (κ2) is 51.8. The van der Waals surface area contributed by atoms with E-state index in [0.29, 0.717) is 174 Å². The number of imide groups is 1. The summed E-state index contributed by atoms with van der Waals surface area (Å²) in [5.41, 5.74) is -0.0438. The molecule has 2 aliphatic rings. The lowest BCUT2D eigenvalue weighted by atomic mass is 9.99. The Morgan fingerprint density at radius 1 is 0.627 bits per heavy atom. The zero-order valence-electron chi connectivity index (χ0n) is 63.2. The van der Waals surface area contributed by atoms with Crippen molar-refractivity contribution >= 4 is 75.0 Å². The van der Waals surface area contributed by atoms with Gasteiger partial charge in [0.2, 0.25) is 29.9 Å². The van der Waals surface area contributed by atoms with E-state index in [-0.39, 0.29) is 106 Å². The summed E-state index contributed by atoms with van der Waals surface area (Å²) in [7, 11) is 1.63. The van der Waals surface area contributed by atoms with Crippen LogP contribution in [-0.4, -0.2) is 326 Å². The van der Waals surface area contributed by atoms with E-state index in [1.165, 1.54) is 18.2 Å². The lowest BCUT2D eigenvalue weighted by molar-refractivity contribution is -0.277. The first kappa shape index (κ1) is 91.3. The molecule has 4 heterocycles. The number of carbonyl (C=O) groups is 7. The topological polar surface area (TPSA) is 465 Å². The van der Waals surface area contributed by atoms with Crippen molar-refractivity contribution in [3.63, 3.8) is 0 Å². The van der Waals surface area contributed by atoms with Gasteiger partial charge in [-0.25, -0.2) is 14.8 Å². The van der Waals surface area contributed by atoms with Crippen LogP contribution in [0, 0.1) is 0 Å². The molecule has 7 amide bonds. The number of hydrogen-bond donors (Lipinski definition) is 10. The fraction of sp³-hybridized carbons (Fsp3) is 0.658. The number of para-hydroxylation sites is 1. The molecular weight excluding hydrogens is 1450 g/mol. The average Bonchev–Trinajstić information content (AvgIpc) is 1.56. The average molecular weight is 1560 g/mol. The van der Waals surface area contributed by atoms with Gasteiger partial charge in [-0.15, -0.1) is 0 Å². The predicted molar refractivity (Wildman–Crippen MR) is 393 cm³/mol. The molecule has 0 bridgehead atoms. The molecule has 0 unspecified atom stereocenters. The van der Waals surface area contributed by atoms with Crippen molar-refractivity contribution in [2.24, 2.45) is 0 Å². The first-order valence-corrected chi connectivity index (χ1v) is 36.9. The number of nitrogens with one attached hydrogen (secondary N) is 4. The van der Waals surface area contributed by atoms with E-state index in [4.69, 9.17) is 81.0 Å². The molecular formula is C73H111N9O28. The van der Waals surface area contributed by atoms with Gasteiger partial charge in [-0.2, -0.15) is 0 Å². The van der Waals surface area contributed by atoms with Gasteiger partial charge in [-0.05, 0) is 63.8 Å². The molecule has 6 rings (SSSR count). The van der Waals surface area contributed by atoms with Crippen LogP contribution in [0.1, 0.15) is 70.7 Å². The van der Waals surface area contributed by atoms with Gasteiger partial charge in [0.25, 0.3) is 11.8 Å². The molecule has 37 nitrogen and oxygen atoms in total.